The number of hydrogen-bond acceptors (Lipinski definition) is 3. The van der Waals surface area contributed by atoms with E-state index in [0.717, 1.165) is 16.7 Å². The van der Waals surface area contributed by atoms with E-state index in [1.165, 1.54) is 0 Å². The van der Waals surface area contributed by atoms with Crippen LogP contribution in [0.1, 0.15) is 13.8 Å². The molecule has 19 heavy (non-hydrogen) atoms. The monoisotopic (exact) mass is 325 g/mol. The predicted molar refractivity (Wildman–Crippen MR) is 81.2 cm³/mol. The first-order valence-corrected chi connectivity index (χ1v) is 7.16. The summed E-state index contributed by atoms with van der Waals surface area (Å²) >= 11 is 3.46. The summed E-state index contributed by atoms with van der Waals surface area (Å²) in [4.78, 5) is 16.6. The second-order valence-electron chi connectivity index (χ2n) is 5.63. The highest BCUT2D eigenvalue weighted by Gasteiger charge is 2.43. The van der Waals surface area contributed by atoms with E-state index in [4.69, 9.17) is 5.73 Å². The number of likely N-dealkylation sites (N-methyl/N-ethyl adjacent to an activating group) is 1. The van der Waals surface area contributed by atoms with Gasteiger partial charge in [-0.25, -0.2) is 0 Å². The van der Waals surface area contributed by atoms with Crippen molar-refractivity contribution in [2.24, 2.45) is 5.73 Å². The number of carbonyl (C=O) groups excluding carboxylic acids is 1. The van der Waals surface area contributed by atoms with Gasteiger partial charge in [-0.3, -0.25) is 9.69 Å². The molecule has 0 spiro atoms. The van der Waals surface area contributed by atoms with Crippen molar-refractivity contribution in [3.63, 3.8) is 0 Å². The fourth-order valence-corrected chi connectivity index (χ4v) is 3.19. The van der Waals surface area contributed by atoms with Crippen LogP contribution in [0.2, 0.25) is 0 Å². The fraction of sp³-hybridized carbons (Fsp3) is 0.500. The normalized spacial score (nSPS) is 23.7. The molecule has 5 heteroatoms. The van der Waals surface area contributed by atoms with Gasteiger partial charge in [-0.2, -0.15) is 0 Å². The zero-order chi connectivity index (χ0) is 14.2. The van der Waals surface area contributed by atoms with Crippen LogP contribution in [0, 0.1) is 0 Å². The summed E-state index contributed by atoms with van der Waals surface area (Å²) in [7, 11) is 1.95. The lowest BCUT2D eigenvalue weighted by Gasteiger charge is -2.49. The Morgan fingerprint density at radius 2 is 2.16 bits per heavy atom. The predicted octanol–water partition coefficient (Wildman–Crippen LogP) is 1.83. The van der Waals surface area contributed by atoms with Crippen LogP contribution >= 0.6 is 15.9 Å². The van der Waals surface area contributed by atoms with Gasteiger partial charge in [0.05, 0.1) is 5.54 Å². The zero-order valence-corrected chi connectivity index (χ0v) is 13.1. The van der Waals surface area contributed by atoms with Crippen LogP contribution in [0.3, 0.4) is 0 Å². The molecule has 0 radical (unpaired) electrons. The van der Waals surface area contributed by atoms with Gasteiger partial charge in [0, 0.05) is 23.2 Å². The first kappa shape index (κ1) is 14.5. The number of hydrogen-bond donors (Lipinski definition) is 1. The summed E-state index contributed by atoms with van der Waals surface area (Å²) in [5.41, 5.74) is 6.41. The number of carbonyl (C=O) groups is 1. The summed E-state index contributed by atoms with van der Waals surface area (Å²) in [6, 6.07) is 7.59. The molecule has 1 aliphatic heterocycles. The maximum Gasteiger partial charge on any atom is 0.246 e. The lowest BCUT2D eigenvalue weighted by molar-refractivity contribution is -0.127. The van der Waals surface area contributed by atoms with Crippen LogP contribution in [0.15, 0.2) is 28.7 Å². The molecule has 104 valence electrons. The van der Waals surface area contributed by atoms with Crippen LogP contribution < -0.4 is 10.6 Å². The standard InChI is InChI=1S/C14H20BrN3O/c1-14(2)9-17(3)12(8-16)13(19)18(14)11-6-4-5-10(15)7-11/h4-7,12H,8-9,16H2,1-3H3. The second kappa shape index (κ2) is 5.23. The first-order valence-electron chi connectivity index (χ1n) is 6.37. The largest absolute Gasteiger partial charge is 0.328 e. The van der Waals surface area contributed by atoms with Gasteiger partial charge in [-0.15, -0.1) is 0 Å². The highest BCUT2D eigenvalue weighted by molar-refractivity contribution is 9.10. The maximum absolute atomic E-state index is 12.7. The van der Waals surface area contributed by atoms with E-state index in [1.54, 1.807) is 0 Å². The summed E-state index contributed by atoms with van der Waals surface area (Å²) < 4.78 is 0.969. The Bertz CT molecular complexity index is 489. The van der Waals surface area contributed by atoms with Gasteiger partial charge < -0.3 is 10.6 Å². The average Bonchev–Trinajstić information content (AvgIpc) is 2.27. The van der Waals surface area contributed by atoms with Gasteiger partial charge in [-0.1, -0.05) is 22.0 Å². The number of amides is 1. The smallest absolute Gasteiger partial charge is 0.246 e. The minimum atomic E-state index is -0.252. The molecule has 1 unspecified atom stereocenters. The van der Waals surface area contributed by atoms with Gasteiger partial charge in [0.1, 0.15) is 6.04 Å². The summed E-state index contributed by atoms with van der Waals surface area (Å²) in [5.74, 6) is 0.0688. The van der Waals surface area contributed by atoms with E-state index in [2.05, 4.69) is 29.8 Å². The molecule has 1 amide bonds. The third-order valence-corrected chi connectivity index (χ3v) is 4.06. The van der Waals surface area contributed by atoms with E-state index >= 15 is 0 Å². The lowest BCUT2D eigenvalue weighted by atomic mass is 9.94. The van der Waals surface area contributed by atoms with E-state index in [1.807, 2.05) is 41.1 Å². The van der Waals surface area contributed by atoms with Gasteiger partial charge in [-0.05, 0) is 39.1 Å². The van der Waals surface area contributed by atoms with E-state index < -0.39 is 0 Å². The van der Waals surface area contributed by atoms with Crippen molar-refractivity contribution in [1.82, 2.24) is 4.90 Å². The van der Waals surface area contributed by atoms with E-state index in [9.17, 15) is 4.79 Å². The van der Waals surface area contributed by atoms with Gasteiger partial charge >= 0.3 is 0 Å². The number of benzene rings is 1. The van der Waals surface area contributed by atoms with Crippen LogP contribution in [0.25, 0.3) is 0 Å². The Morgan fingerprint density at radius 3 is 2.74 bits per heavy atom. The van der Waals surface area contributed by atoms with Gasteiger partial charge in [0.15, 0.2) is 0 Å². The van der Waals surface area contributed by atoms with Crippen molar-refractivity contribution in [3.8, 4) is 0 Å². The molecule has 1 saturated heterocycles. The molecule has 0 aliphatic carbocycles. The fourth-order valence-electron chi connectivity index (χ4n) is 2.80. The molecule has 1 heterocycles. The number of anilines is 1. The number of halogens is 1. The molecule has 2 N–H and O–H groups in total. The maximum atomic E-state index is 12.7. The molecule has 4 nitrogen and oxygen atoms in total. The highest BCUT2D eigenvalue weighted by Crippen LogP contribution is 2.31. The third-order valence-electron chi connectivity index (χ3n) is 3.57. The lowest BCUT2D eigenvalue weighted by Crippen LogP contribution is -2.67. The number of piperazine rings is 1. The molecule has 1 aromatic carbocycles. The number of nitrogens with two attached hydrogens (primary N) is 1. The molecular formula is C14H20BrN3O. The van der Waals surface area contributed by atoms with Gasteiger partial charge in [0.2, 0.25) is 5.91 Å². The van der Waals surface area contributed by atoms with Crippen LogP contribution in [0.5, 0.6) is 0 Å². The van der Waals surface area contributed by atoms with Crippen molar-refractivity contribution in [2.45, 2.75) is 25.4 Å². The van der Waals surface area contributed by atoms with Crippen molar-refractivity contribution >= 4 is 27.5 Å². The topological polar surface area (TPSA) is 49.6 Å². The zero-order valence-electron chi connectivity index (χ0n) is 11.6. The van der Waals surface area contributed by atoms with Crippen LogP contribution in [-0.2, 0) is 4.79 Å². The number of nitrogens with zero attached hydrogens (tertiary/aromatic N) is 2. The van der Waals surface area contributed by atoms with Crippen molar-refractivity contribution in [3.05, 3.63) is 28.7 Å². The van der Waals surface area contributed by atoms with Gasteiger partial charge in [0.25, 0.3) is 0 Å². The van der Waals surface area contributed by atoms with E-state index in [-0.39, 0.29) is 17.5 Å². The number of rotatable bonds is 2. The molecule has 2 rings (SSSR count). The minimum Gasteiger partial charge on any atom is -0.328 e. The minimum absolute atomic E-state index is 0.0688. The Hall–Kier alpha value is -0.910. The molecule has 1 aromatic rings. The van der Waals surface area contributed by atoms with Crippen molar-refractivity contribution in [2.75, 3.05) is 25.0 Å². The third kappa shape index (κ3) is 2.68. The average molecular weight is 326 g/mol. The SMILES string of the molecule is CN1CC(C)(C)N(c2cccc(Br)c2)C(=O)C1CN. The van der Waals surface area contributed by atoms with E-state index in [0.29, 0.717) is 6.54 Å². The summed E-state index contributed by atoms with van der Waals surface area (Å²) in [6.07, 6.45) is 0. The van der Waals surface area contributed by atoms with Crippen LogP contribution in [0.4, 0.5) is 5.69 Å². The molecule has 0 aromatic heterocycles. The molecule has 0 bridgehead atoms. The summed E-state index contributed by atoms with van der Waals surface area (Å²) in [5, 5.41) is 0. The quantitative estimate of drug-likeness (QED) is 0.902. The van der Waals surface area contributed by atoms with Crippen LogP contribution in [-0.4, -0.2) is 42.5 Å². The Labute approximate surface area is 122 Å². The molecule has 1 atom stereocenters. The Kier molecular flexibility index (Phi) is 3.99. The first-order chi connectivity index (χ1) is 8.86. The Balaban J connectivity index is 2.43. The molecule has 0 saturated carbocycles. The summed E-state index contributed by atoms with van der Waals surface area (Å²) in [6.45, 7) is 5.30. The van der Waals surface area contributed by atoms with Crippen molar-refractivity contribution in [1.29, 1.82) is 0 Å². The van der Waals surface area contributed by atoms with Crippen molar-refractivity contribution < 1.29 is 4.79 Å². The molecule has 1 aliphatic rings. The highest BCUT2D eigenvalue weighted by atomic mass is 79.9. The molecular weight excluding hydrogens is 306 g/mol. The second-order valence-corrected chi connectivity index (χ2v) is 6.55. The molecule has 1 fully saturated rings. The Morgan fingerprint density at radius 1 is 1.47 bits per heavy atom.